The second kappa shape index (κ2) is 6.77. The Bertz CT molecular complexity index is 507. The first-order valence-corrected chi connectivity index (χ1v) is 5.51. The molecule has 0 unspecified atom stereocenters. The monoisotopic (exact) mass is 288 g/mol. The predicted octanol–water partition coefficient (Wildman–Crippen LogP) is 1.54. The van der Waals surface area contributed by atoms with E-state index in [0.29, 0.717) is 11.3 Å². The van der Waals surface area contributed by atoms with E-state index in [4.69, 9.17) is 19.9 Å². The van der Waals surface area contributed by atoms with Crippen molar-refractivity contribution in [3.8, 4) is 11.8 Å². The van der Waals surface area contributed by atoms with Crippen LogP contribution in [0.2, 0.25) is 0 Å². The summed E-state index contributed by atoms with van der Waals surface area (Å²) in [5.41, 5.74) is 0.606. The van der Waals surface area contributed by atoms with Crippen LogP contribution in [-0.4, -0.2) is 36.4 Å². The van der Waals surface area contributed by atoms with Crippen molar-refractivity contribution >= 4 is 5.97 Å². The lowest BCUT2D eigenvalue weighted by Crippen LogP contribution is -2.50. The average molecular weight is 288 g/mol. The lowest BCUT2D eigenvalue weighted by atomic mass is 10.2. The average Bonchev–Trinajstić information content (AvgIpc) is 2.34. The van der Waals surface area contributed by atoms with Gasteiger partial charge in [0.1, 0.15) is 17.9 Å². The van der Waals surface area contributed by atoms with Crippen molar-refractivity contribution in [2.45, 2.75) is 12.3 Å². The Morgan fingerprint density at radius 2 is 1.95 bits per heavy atom. The molecule has 0 amide bonds. The third-order valence-corrected chi connectivity index (χ3v) is 2.29. The molecule has 1 aromatic carbocycles. The zero-order valence-corrected chi connectivity index (χ0v) is 10.1. The van der Waals surface area contributed by atoms with E-state index >= 15 is 0 Å². The second-order valence-corrected chi connectivity index (χ2v) is 3.81. The van der Waals surface area contributed by atoms with Gasteiger partial charge in [-0.05, 0) is 12.1 Å². The van der Waals surface area contributed by atoms with E-state index < -0.39 is 12.1 Å². The highest BCUT2D eigenvalue weighted by Gasteiger charge is 2.38. The number of halogens is 3. The topological polar surface area (TPSA) is 82.3 Å². The molecule has 1 saturated heterocycles. The predicted molar refractivity (Wildman–Crippen MR) is 62.1 cm³/mol. The molecule has 0 aromatic heterocycles. The molecule has 0 saturated carbocycles. The summed E-state index contributed by atoms with van der Waals surface area (Å²) in [5, 5.41) is 19.0. The van der Waals surface area contributed by atoms with Gasteiger partial charge in [0.05, 0.1) is 5.56 Å². The molecule has 0 spiro atoms. The quantitative estimate of drug-likeness (QED) is 0.862. The third kappa shape index (κ3) is 4.78. The van der Waals surface area contributed by atoms with E-state index in [1.54, 1.807) is 6.07 Å². The van der Waals surface area contributed by atoms with Crippen LogP contribution in [0.5, 0.6) is 5.75 Å². The van der Waals surface area contributed by atoms with Crippen LogP contribution in [-0.2, 0) is 4.79 Å². The number of nitriles is 1. The Balaban J connectivity index is 0.000000246. The first-order valence-electron chi connectivity index (χ1n) is 5.51. The number of hydrogen-bond acceptors (Lipinski definition) is 4. The molecule has 8 heteroatoms. The summed E-state index contributed by atoms with van der Waals surface area (Å²) >= 11 is 0. The summed E-state index contributed by atoms with van der Waals surface area (Å²) < 4.78 is 37.3. The van der Waals surface area contributed by atoms with Gasteiger partial charge in [-0.2, -0.15) is 18.4 Å². The van der Waals surface area contributed by atoms with Gasteiger partial charge in [0.2, 0.25) is 0 Å². The van der Waals surface area contributed by atoms with Crippen LogP contribution in [0.3, 0.4) is 0 Å². The maximum atomic E-state index is 10.6. The number of benzene rings is 1. The standard InChI is InChI=1S/C10H10N2O.C2HF3O2/c11-5-8-3-1-2-4-10(8)13-9-6-12-7-9;3-2(4,5)1(6)7/h1-4,9,12H,6-7H2;(H,6,7). The molecule has 1 fully saturated rings. The van der Waals surface area contributed by atoms with E-state index in [1.807, 2.05) is 18.2 Å². The number of rotatable bonds is 2. The van der Waals surface area contributed by atoms with Crippen LogP contribution >= 0.6 is 0 Å². The molecule has 0 bridgehead atoms. The fourth-order valence-corrected chi connectivity index (χ4v) is 1.19. The Morgan fingerprint density at radius 3 is 2.35 bits per heavy atom. The van der Waals surface area contributed by atoms with Crippen LogP contribution < -0.4 is 10.1 Å². The van der Waals surface area contributed by atoms with E-state index in [9.17, 15) is 13.2 Å². The molecule has 0 radical (unpaired) electrons. The van der Waals surface area contributed by atoms with Gasteiger partial charge in [-0.1, -0.05) is 12.1 Å². The van der Waals surface area contributed by atoms with E-state index in [-0.39, 0.29) is 6.10 Å². The van der Waals surface area contributed by atoms with Crippen LogP contribution in [0.25, 0.3) is 0 Å². The highest BCUT2D eigenvalue weighted by atomic mass is 19.4. The molecule has 2 rings (SSSR count). The van der Waals surface area contributed by atoms with Gasteiger partial charge in [0.25, 0.3) is 0 Å². The number of carboxylic acid groups (broad SMARTS) is 1. The van der Waals surface area contributed by atoms with Gasteiger partial charge in [-0.15, -0.1) is 0 Å². The van der Waals surface area contributed by atoms with Gasteiger partial charge < -0.3 is 15.2 Å². The minimum Gasteiger partial charge on any atom is -0.486 e. The molecule has 108 valence electrons. The SMILES string of the molecule is N#Cc1ccccc1OC1CNC1.O=C(O)C(F)(F)F. The Labute approximate surface area is 112 Å². The Kier molecular flexibility index (Phi) is 5.34. The van der Waals surface area contributed by atoms with Crippen molar-refractivity contribution in [1.82, 2.24) is 5.32 Å². The molecule has 1 aromatic rings. The number of carbonyl (C=O) groups is 1. The smallest absolute Gasteiger partial charge is 0.486 e. The number of alkyl halides is 3. The van der Waals surface area contributed by atoms with Gasteiger partial charge in [0.15, 0.2) is 0 Å². The minimum atomic E-state index is -5.08. The van der Waals surface area contributed by atoms with Gasteiger partial charge in [-0.25, -0.2) is 4.79 Å². The number of nitrogens with one attached hydrogen (secondary N) is 1. The summed E-state index contributed by atoms with van der Waals surface area (Å²) in [6.07, 6.45) is -4.85. The van der Waals surface area contributed by atoms with Crippen molar-refractivity contribution in [1.29, 1.82) is 5.26 Å². The molecule has 1 aliphatic rings. The van der Waals surface area contributed by atoms with Gasteiger partial charge in [-0.3, -0.25) is 0 Å². The second-order valence-electron chi connectivity index (χ2n) is 3.81. The highest BCUT2D eigenvalue weighted by Crippen LogP contribution is 2.18. The number of carboxylic acids is 1. The summed E-state index contributed by atoms with van der Waals surface area (Å²) in [5.74, 6) is -2.07. The summed E-state index contributed by atoms with van der Waals surface area (Å²) in [7, 11) is 0. The first-order chi connectivity index (χ1) is 9.34. The lowest BCUT2D eigenvalue weighted by molar-refractivity contribution is -0.192. The molecule has 20 heavy (non-hydrogen) atoms. The molecule has 0 atom stereocenters. The van der Waals surface area contributed by atoms with Crippen LogP contribution in [0.4, 0.5) is 13.2 Å². The summed E-state index contributed by atoms with van der Waals surface area (Å²) in [6.45, 7) is 1.75. The van der Waals surface area contributed by atoms with Crippen LogP contribution in [0, 0.1) is 11.3 Å². The summed E-state index contributed by atoms with van der Waals surface area (Å²) in [6, 6.07) is 9.41. The van der Waals surface area contributed by atoms with Crippen molar-refractivity contribution in [3.63, 3.8) is 0 Å². The number of ether oxygens (including phenoxy) is 1. The van der Waals surface area contributed by atoms with E-state index in [1.165, 1.54) is 0 Å². The summed E-state index contributed by atoms with van der Waals surface area (Å²) in [4.78, 5) is 8.90. The van der Waals surface area contributed by atoms with Crippen molar-refractivity contribution in [2.24, 2.45) is 0 Å². The zero-order valence-electron chi connectivity index (χ0n) is 10.1. The van der Waals surface area contributed by atoms with Crippen molar-refractivity contribution in [2.75, 3.05) is 13.1 Å². The van der Waals surface area contributed by atoms with Gasteiger partial charge >= 0.3 is 12.1 Å². The largest absolute Gasteiger partial charge is 0.490 e. The number of hydrogen-bond donors (Lipinski definition) is 2. The van der Waals surface area contributed by atoms with E-state index in [0.717, 1.165) is 13.1 Å². The number of nitrogens with zero attached hydrogens (tertiary/aromatic N) is 1. The molecule has 2 N–H and O–H groups in total. The first kappa shape index (κ1) is 15.8. The number of para-hydroxylation sites is 1. The van der Waals surface area contributed by atoms with Crippen molar-refractivity contribution < 1.29 is 27.8 Å². The molecule has 1 aliphatic heterocycles. The number of aliphatic carboxylic acids is 1. The Morgan fingerprint density at radius 1 is 1.40 bits per heavy atom. The maximum Gasteiger partial charge on any atom is 0.490 e. The normalized spacial score (nSPS) is 14.3. The minimum absolute atomic E-state index is 0.231. The molecule has 1 heterocycles. The van der Waals surface area contributed by atoms with Crippen LogP contribution in [0.15, 0.2) is 24.3 Å². The molecule has 5 nitrogen and oxygen atoms in total. The fraction of sp³-hybridized carbons (Fsp3) is 0.333. The molecular formula is C12H11F3N2O3. The molecule has 0 aliphatic carbocycles. The van der Waals surface area contributed by atoms with E-state index in [2.05, 4.69) is 11.4 Å². The third-order valence-electron chi connectivity index (χ3n) is 2.29. The van der Waals surface area contributed by atoms with Crippen molar-refractivity contribution in [3.05, 3.63) is 29.8 Å². The zero-order chi connectivity index (χ0) is 15.2. The van der Waals surface area contributed by atoms with Gasteiger partial charge in [0, 0.05) is 13.1 Å². The Hall–Kier alpha value is -2.27. The lowest BCUT2D eigenvalue weighted by Gasteiger charge is -2.28. The maximum absolute atomic E-state index is 10.6. The highest BCUT2D eigenvalue weighted by molar-refractivity contribution is 5.73. The molecular weight excluding hydrogens is 277 g/mol. The van der Waals surface area contributed by atoms with Crippen LogP contribution in [0.1, 0.15) is 5.56 Å². The fourth-order valence-electron chi connectivity index (χ4n) is 1.19.